The molecule has 4 rings (SSSR count). The Hall–Kier alpha value is -2.20. The van der Waals surface area contributed by atoms with Crippen molar-refractivity contribution in [1.82, 2.24) is 4.57 Å². The number of carboxylic acids is 1. The Morgan fingerprint density at radius 1 is 1.19 bits per heavy atom. The third kappa shape index (κ3) is 3.51. The molecule has 142 valence electrons. The summed E-state index contributed by atoms with van der Waals surface area (Å²) in [5.74, 6) is 0.375. The van der Waals surface area contributed by atoms with Gasteiger partial charge in [-0.1, -0.05) is 58.4 Å². The molecule has 4 heteroatoms. The van der Waals surface area contributed by atoms with E-state index in [1.54, 1.807) is 6.07 Å². The molecule has 1 atom stereocenters. The maximum absolute atomic E-state index is 11.4. The van der Waals surface area contributed by atoms with Crippen LogP contribution in [-0.2, 0) is 5.88 Å². The molecule has 0 saturated heterocycles. The zero-order valence-electron chi connectivity index (χ0n) is 16.5. The van der Waals surface area contributed by atoms with E-state index in [4.69, 9.17) is 0 Å². The molecule has 3 aromatic rings. The molecule has 0 aliphatic carbocycles. The molecule has 1 aromatic heterocycles. The summed E-state index contributed by atoms with van der Waals surface area (Å²) in [4.78, 5) is 12.7. The number of benzene rings is 2. The minimum Gasteiger partial charge on any atom is -0.478 e. The summed E-state index contributed by atoms with van der Waals surface area (Å²) in [6.07, 6.45) is 2.31. The highest BCUT2D eigenvalue weighted by Crippen LogP contribution is 2.46. The molecule has 27 heavy (non-hydrogen) atoms. The van der Waals surface area contributed by atoms with Crippen LogP contribution in [0.1, 0.15) is 62.4 Å². The first kappa shape index (κ1) is 19.6. The summed E-state index contributed by atoms with van der Waals surface area (Å²) in [5, 5.41) is 10.5. The van der Waals surface area contributed by atoms with E-state index >= 15 is 0 Å². The zero-order chi connectivity index (χ0) is 19.6. The molecule has 1 N–H and O–H groups in total. The van der Waals surface area contributed by atoms with Gasteiger partial charge in [0.15, 0.2) is 0 Å². The Morgan fingerprint density at radius 3 is 2.56 bits per heavy atom. The van der Waals surface area contributed by atoms with Crippen molar-refractivity contribution >= 4 is 28.6 Å². The average molecular weight is 382 g/mol. The summed E-state index contributed by atoms with van der Waals surface area (Å²) in [6.45, 7) is 8.71. The smallest absolute Gasteiger partial charge is 0.335 e. The van der Waals surface area contributed by atoms with Crippen LogP contribution in [-0.4, -0.2) is 15.6 Å². The van der Waals surface area contributed by atoms with Crippen molar-refractivity contribution in [2.24, 2.45) is 0 Å². The number of carboxylic acid groups (broad SMARTS) is 1. The first-order valence-corrected chi connectivity index (χ1v) is 10.6. The molecule has 3 nitrogen and oxygen atoms in total. The van der Waals surface area contributed by atoms with E-state index < -0.39 is 5.97 Å². The quantitative estimate of drug-likeness (QED) is 0.531. The summed E-state index contributed by atoms with van der Waals surface area (Å²) in [7, 11) is 0. The molecule has 1 aliphatic heterocycles. The highest BCUT2D eigenvalue weighted by atomic mass is 32.2. The van der Waals surface area contributed by atoms with Gasteiger partial charge in [0.2, 0.25) is 0 Å². The van der Waals surface area contributed by atoms with Gasteiger partial charge in [-0.3, -0.25) is 0 Å². The zero-order valence-corrected chi connectivity index (χ0v) is 17.3. The Bertz CT molecular complexity index is 974. The molecule has 2 heterocycles. The lowest BCUT2D eigenvalue weighted by Gasteiger charge is -2.22. The van der Waals surface area contributed by atoms with E-state index in [-0.39, 0.29) is 0 Å². The van der Waals surface area contributed by atoms with Crippen LogP contribution < -0.4 is 0 Å². The van der Waals surface area contributed by atoms with E-state index in [0.717, 1.165) is 17.8 Å². The van der Waals surface area contributed by atoms with Gasteiger partial charge in [-0.25, -0.2) is 4.79 Å². The summed E-state index contributed by atoms with van der Waals surface area (Å²) < 4.78 is 2.29. The second-order valence-electron chi connectivity index (χ2n) is 7.01. The Balaban J connectivity index is 0.000000659. The molecule has 2 aromatic carbocycles. The molecule has 1 unspecified atom stereocenters. The Morgan fingerprint density at radius 2 is 1.89 bits per heavy atom. The van der Waals surface area contributed by atoms with Crippen molar-refractivity contribution in [2.75, 3.05) is 0 Å². The van der Waals surface area contributed by atoms with Crippen molar-refractivity contribution in [3.8, 4) is 11.3 Å². The normalized spacial score (nSPS) is 13.3. The van der Waals surface area contributed by atoms with Crippen LogP contribution in [0.3, 0.4) is 0 Å². The predicted octanol–water partition coefficient (Wildman–Crippen LogP) is 7.00. The van der Waals surface area contributed by atoms with Crippen LogP contribution in [0.25, 0.3) is 22.2 Å². The number of hydrogen-bond donors (Lipinski definition) is 1. The van der Waals surface area contributed by atoms with Gasteiger partial charge in [0.1, 0.15) is 0 Å². The minimum atomic E-state index is -0.874. The highest BCUT2D eigenvalue weighted by Gasteiger charge is 2.26. The van der Waals surface area contributed by atoms with Gasteiger partial charge in [0, 0.05) is 15.8 Å². The van der Waals surface area contributed by atoms with E-state index in [0.29, 0.717) is 11.5 Å². The minimum absolute atomic E-state index is 0.349. The second-order valence-corrected chi connectivity index (χ2v) is 8.00. The number of nitrogens with zero attached hydrogens (tertiary/aromatic N) is 1. The van der Waals surface area contributed by atoms with E-state index in [1.807, 2.05) is 23.9 Å². The fraction of sp³-hybridized carbons (Fsp3) is 0.348. The molecule has 0 fully saturated rings. The maximum atomic E-state index is 11.4. The van der Waals surface area contributed by atoms with E-state index in [9.17, 15) is 9.90 Å². The van der Waals surface area contributed by atoms with Gasteiger partial charge in [-0.05, 0) is 36.1 Å². The Labute approximate surface area is 165 Å². The van der Waals surface area contributed by atoms with Crippen molar-refractivity contribution in [1.29, 1.82) is 0 Å². The van der Waals surface area contributed by atoms with E-state index in [1.165, 1.54) is 33.5 Å². The molecular weight excluding hydrogens is 354 g/mol. The first-order chi connectivity index (χ1) is 13.0. The number of carbonyl (C=O) groups is 1. The van der Waals surface area contributed by atoms with Gasteiger partial charge in [0.05, 0.1) is 22.7 Å². The standard InChI is InChI=1S/C20H19NO2S.C3H8/c1-3-12(2)18-14-9-8-13(20(22)23)10-16(14)21-11-24-17-7-5-4-6-15(17)19(18)21;1-3-2/h4-10,12H,3,11H2,1-2H3,(H,22,23);3H2,1-2H3. The number of thioether (sulfide) groups is 1. The lowest BCUT2D eigenvalue weighted by Crippen LogP contribution is -2.05. The number of fused-ring (bicyclic) bond motifs is 5. The fourth-order valence-electron chi connectivity index (χ4n) is 3.56. The molecule has 0 radical (unpaired) electrons. The first-order valence-electron chi connectivity index (χ1n) is 9.64. The van der Waals surface area contributed by atoms with Crippen LogP contribution in [0.4, 0.5) is 0 Å². The lowest BCUT2D eigenvalue weighted by molar-refractivity contribution is 0.0697. The van der Waals surface area contributed by atoms with Gasteiger partial charge in [-0.2, -0.15) is 0 Å². The number of rotatable bonds is 3. The van der Waals surface area contributed by atoms with Gasteiger partial charge < -0.3 is 9.67 Å². The van der Waals surface area contributed by atoms with Gasteiger partial charge in [-0.15, -0.1) is 11.8 Å². The van der Waals surface area contributed by atoms with Crippen LogP contribution in [0.2, 0.25) is 0 Å². The van der Waals surface area contributed by atoms with Gasteiger partial charge in [0.25, 0.3) is 0 Å². The molecule has 0 bridgehead atoms. The van der Waals surface area contributed by atoms with Crippen LogP contribution in [0.15, 0.2) is 47.4 Å². The molecular formula is C23H27NO2S. The molecule has 1 aliphatic rings. The lowest BCUT2D eigenvalue weighted by atomic mass is 9.92. The van der Waals surface area contributed by atoms with Crippen LogP contribution in [0, 0.1) is 0 Å². The summed E-state index contributed by atoms with van der Waals surface area (Å²) in [6, 6.07) is 14.0. The maximum Gasteiger partial charge on any atom is 0.335 e. The number of aromatic carboxylic acids is 1. The topological polar surface area (TPSA) is 42.2 Å². The van der Waals surface area contributed by atoms with Crippen molar-refractivity contribution in [3.63, 3.8) is 0 Å². The molecule has 0 spiro atoms. The summed E-state index contributed by atoms with van der Waals surface area (Å²) >= 11 is 1.81. The third-order valence-electron chi connectivity index (χ3n) is 4.95. The number of hydrogen-bond acceptors (Lipinski definition) is 2. The van der Waals surface area contributed by atoms with E-state index in [2.05, 4.69) is 56.5 Å². The monoisotopic (exact) mass is 381 g/mol. The molecule has 0 amide bonds. The van der Waals surface area contributed by atoms with Crippen LogP contribution in [0.5, 0.6) is 0 Å². The third-order valence-corrected chi connectivity index (χ3v) is 6.00. The van der Waals surface area contributed by atoms with Gasteiger partial charge >= 0.3 is 5.97 Å². The highest BCUT2D eigenvalue weighted by molar-refractivity contribution is 7.98. The SMILES string of the molecule is CCC.CCC(C)c1c2n(c3cc(C(=O)O)ccc13)CSc1ccccc1-2. The molecule has 0 saturated carbocycles. The Kier molecular flexibility index (Phi) is 5.95. The van der Waals surface area contributed by atoms with Crippen molar-refractivity contribution in [2.45, 2.75) is 57.2 Å². The van der Waals surface area contributed by atoms with Crippen LogP contribution >= 0.6 is 11.8 Å². The largest absolute Gasteiger partial charge is 0.478 e. The summed E-state index contributed by atoms with van der Waals surface area (Å²) in [5.41, 5.74) is 5.25. The average Bonchev–Trinajstić information content (AvgIpc) is 3.02. The fourth-order valence-corrected chi connectivity index (χ4v) is 4.59. The van der Waals surface area contributed by atoms with Crippen molar-refractivity contribution in [3.05, 3.63) is 53.6 Å². The number of aromatic nitrogens is 1. The predicted molar refractivity (Wildman–Crippen MR) is 115 cm³/mol. The second kappa shape index (κ2) is 8.22. The van der Waals surface area contributed by atoms with Crippen molar-refractivity contribution < 1.29 is 9.90 Å².